The molecule has 0 unspecified atom stereocenters. The van der Waals surface area contributed by atoms with E-state index in [9.17, 15) is 18.3 Å². The van der Waals surface area contributed by atoms with Crippen LogP contribution in [0.1, 0.15) is 36.5 Å². The number of hydrogen-bond acceptors (Lipinski definition) is 4. The molecule has 0 spiro atoms. The first-order chi connectivity index (χ1) is 10.7. The normalized spacial score (nSPS) is 28.7. The standard InChI is InChI=1S/C17H23NO4S/c1-12-10-18(11-17(12,20)14-4-3-5-14)16(19)13-6-8-15(9-7-13)23(2,21)22/h6-9,12,14,20H,3-5,10-11H2,1-2H3/t12-,17+/m1/s1. The van der Waals surface area contributed by atoms with E-state index in [4.69, 9.17) is 0 Å². The highest BCUT2D eigenvalue weighted by molar-refractivity contribution is 7.90. The van der Waals surface area contributed by atoms with Crippen molar-refractivity contribution in [2.45, 2.75) is 36.7 Å². The maximum atomic E-state index is 12.6. The lowest BCUT2D eigenvalue weighted by Crippen LogP contribution is -2.48. The second-order valence-electron chi connectivity index (χ2n) is 7.00. The molecule has 2 fully saturated rings. The van der Waals surface area contributed by atoms with Crippen molar-refractivity contribution in [3.63, 3.8) is 0 Å². The monoisotopic (exact) mass is 337 g/mol. The Morgan fingerprint density at radius 1 is 1.26 bits per heavy atom. The lowest BCUT2D eigenvalue weighted by atomic mass is 9.69. The number of hydrogen-bond donors (Lipinski definition) is 1. The van der Waals surface area contributed by atoms with Crippen LogP contribution in [-0.2, 0) is 9.84 Å². The number of amides is 1. The van der Waals surface area contributed by atoms with Crippen LogP contribution < -0.4 is 0 Å². The minimum Gasteiger partial charge on any atom is -0.387 e. The summed E-state index contributed by atoms with van der Waals surface area (Å²) in [5.41, 5.74) is -0.317. The number of likely N-dealkylation sites (tertiary alicyclic amines) is 1. The van der Waals surface area contributed by atoms with E-state index < -0.39 is 15.4 Å². The van der Waals surface area contributed by atoms with Gasteiger partial charge in [0.15, 0.2) is 9.84 Å². The van der Waals surface area contributed by atoms with Crippen molar-refractivity contribution in [2.75, 3.05) is 19.3 Å². The van der Waals surface area contributed by atoms with Crippen LogP contribution in [0.4, 0.5) is 0 Å². The summed E-state index contributed by atoms with van der Waals surface area (Å²) in [6.07, 6.45) is 4.36. The number of β-amino-alcohol motifs (C(OH)–C–C–N with tert-alkyl or cyclic N) is 1. The number of sulfone groups is 1. The second kappa shape index (κ2) is 5.60. The van der Waals surface area contributed by atoms with Crippen LogP contribution in [0.5, 0.6) is 0 Å². The van der Waals surface area contributed by atoms with Gasteiger partial charge in [-0.25, -0.2) is 8.42 Å². The first-order valence-corrected chi connectivity index (χ1v) is 9.93. The molecule has 0 bridgehead atoms. The number of rotatable bonds is 3. The molecule has 5 nitrogen and oxygen atoms in total. The Kier molecular flexibility index (Phi) is 4.01. The molecule has 1 saturated heterocycles. The van der Waals surface area contributed by atoms with Crippen LogP contribution >= 0.6 is 0 Å². The van der Waals surface area contributed by atoms with Crippen molar-refractivity contribution < 1.29 is 18.3 Å². The molecular weight excluding hydrogens is 314 g/mol. The molecule has 1 N–H and O–H groups in total. The van der Waals surface area contributed by atoms with Crippen molar-refractivity contribution in [2.24, 2.45) is 11.8 Å². The molecule has 1 aromatic rings. The third kappa shape index (κ3) is 2.90. The van der Waals surface area contributed by atoms with Gasteiger partial charge in [-0.05, 0) is 43.0 Å². The summed E-state index contributed by atoms with van der Waals surface area (Å²) in [4.78, 5) is 14.5. The molecule has 3 rings (SSSR count). The van der Waals surface area contributed by atoms with Gasteiger partial charge < -0.3 is 10.0 Å². The van der Waals surface area contributed by atoms with Gasteiger partial charge in [0, 0.05) is 24.3 Å². The van der Waals surface area contributed by atoms with E-state index in [2.05, 4.69) is 0 Å². The summed E-state index contributed by atoms with van der Waals surface area (Å²) in [5.74, 6) is 0.210. The Bertz CT molecular complexity index is 709. The Balaban J connectivity index is 1.76. The number of carbonyl (C=O) groups is 1. The van der Waals surface area contributed by atoms with Crippen LogP contribution in [-0.4, -0.2) is 49.3 Å². The number of nitrogens with zero attached hydrogens (tertiary/aromatic N) is 1. The minimum absolute atomic E-state index is 0.0621. The van der Waals surface area contributed by atoms with Gasteiger partial charge in [0.1, 0.15) is 0 Å². The number of carbonyl (C=O) groups excluding carboxylic acids is 1. The van der Waals surface area contributed by atoms with Crippen molar-refractivity contribution >= 4 is 15.7 Å². The molecule has 1 amide bonds. The average Bonchev–Trinajstić information content (AvgIpc) is 2.71. The summed E-state index contributed by atoms with van der Waals surface area (Å²) in [6.45, 7) is 2.91. The molecule has 1 aromatic carbocycles. The highest BCUT2D eigenvalue weighted by Crippen LogP contribution is 2.44. The van der Waals surface area contributed by atoms with Crippen LogP contribution in [0.3, 0.4) is 0 Å². The van der Waals surface area contributed by atoms with E-state index in [0.717, 1.165) is 25.5 Å². The van der Waals surface area contributed by atoms with Gasteiger partial charge in [0.2, 0.25) is 0 Å². The molecule has 0 aromatic heterocycles. The zero-order valence-electron chi connectivity index (χ0n) is 13.5. The molecular formula is C17H23NO4S. The van der Waals surface area contributed by atoms with E-state index in [1.807, 2.05) is 6.92 Å². The third-order valence-corrected chi connectivity index (χ3v) is 6.55. The van der Waals surface area contributed by atoms with E-state index in [0.29, 0.717) is 24.6 Å². The first kappa shape index (κ1) is 16.5. The first-order valence-electron chi connectivity index (χ1n) is 8.03. The molecule has 0 radical (unpaired) electrons. The zero-order valence-corrected chi connectivity index (χ0v) is 14.3. The van der Waals surface area contributed by atoms with Crippen LogP contribution in [0.2, 0.25) is 0 Å². The Morgan fingerprint density at radius 2 is 1.87 bits per heavy atom. The predicted octanol–water partition coefficient (Wildman–Crippen LogP) is 1.71. The van der Waals surface area contributed by atoms with E-state index >= 15 is 0 Å². The smallest absolute Gasteiger partial charge is 0.253 e. The van der Waals surface area contributed by atoms with Crippen molar-refractivity contribution in [1.82, 2.24) is 4.90 Å². The lowest BCUT2D eigenvalue weighted by molar-refractivity contribution is -0.0660. The summed E-state index contributed by atoms with van der Waals surface area (Å²) in [7, 11) is -3.26. The molecule has 1 aliphatic carbocycles. The molecule has 2 atom stereocenters. The molecule has 23 heavy (non-hydrogen) atoms. The van der Waals surface area contributed by atoms with E-state index in [-0.39, 0.29) is 16.7 Å². The third-order valence-electron chi connectivity index (χ3n) is 5.42. The summed E-state index contributed by atoms with van der Waals surface area (Å²) in [5, 5.41) is 10.9. The van der Waals surface area contributed by atoms with Crippen LogP contribution in [0.25, 0.3) is 0 Å². The van der Waals surface area contributed by atoms with E-state index in [1.54, 1.807) is 17.0 Å². The van der Waals surface area contributed by atoms with Crippen LogP contribution in [0.15, 0.2) is 29.2 Å². The Morgan fingerprint density at radius 3 is 2.35 bits per heavy atom. The van der Waals surface area contributed by atoms with Gasteiger partial charge in [0.25, 0.3) is 5.91 Å². The number of aliphatic hydroxyl groups is 1. The fraction of sp³-hybridized carbons (Fsp3) is 0.588. The average molecular weight is 337 g/mol. The predicted molar refractivity (Wildman–Crippen MR) is 86.9 cm³/mol. The van der Waals surface area contributed by atoms with Crippen molar-refractivity contribution in [1.29, 1.82) is 0 Å². The maximum Gasteiger partial charge on any atom is 0.253 e. The minimum atomic E-state index is -3.26. The van der Waals surface area contributed by atoms with Gasteiger partial charge in [-0.2, -0.15) is 0 Å². The Hall–Kier alpha value is -1.40. The summed E-state index contributed by atoms with van der Waals surface area (Å²) in [6, 6.07) is 6.01. The van der Waals surface area contributed by atoms with Gasteiger partial charge in [-0.1, -0.05) is 13.3 Å². The van der Waals surface area contributed by atoms with Crippen LogP contribution in [0, 0.1) is 11.8 Å². The van der Waals surface area contributed by atoms with Gasteiger partial charge in [0.05, 0.1) is 17.0 Å². The molecule has 1 heterocycles. The highest BCUT2D eigenvalue weighted by Gasteiger charge is 2.51. The molecule has 1 aliphatic heterocycles. The lowest BCUT2D eigenvalue weighted by Gasteiger charge is -2.41. The number of benzene rings is 1. The molecule has 6 heteroatoms. The largest absolute Gasteiger partial charge is 0.387 e. The maximum absolute atomic E-state index is 12.6. The fourth-order valence-corrected chi connectivity index (χ4v) is 4.27. The summed E-state index contributed by atoms with van der Waals surface area (Å²) < 4.78 is 23.0. The Labute approximate surface area is 137 Å². The fourth-order valence-electron chi connectivity index (χ4n) is 3.64. The van der Waals surface area contributed by atoms with Crippen molar-refractivity contribution in [3.05, 3.63) is 29.8 Å². The topological polar surface area (TPSA) is 74.7 Å². The molecule has 126 valence electrons. The molecule has 1 saturated carbocycles. The van der Waals surface area contributed by atoms with Crippen molar-refractivity contribution in [3.8, 4) is 0 Å². The van der Waals surface area contributed by atoms with Gasteiger partial charge in [-0.3, -0.25) is 4.79 Å². The summed E-state index contributed by atoms with van der Waals surface area (Å²) >= 11 is 0. The quantitative estimate of drug-likeness (QED) is 0.911. The van der Waals surface area contributed by atoms with E-state index in [1.165, 1.54) is 12.1 Å². The molecule has 2 aliphatic rings. The highest BCUT2D eigenvalue weighted by atomic mass is 32.2. The second-order valence-corrected chi connectivity index (χ2v) is 9.02. The van der Waals surface area contributed by atoms with Gasteiger partial charge in [-0.15, -0.1) is 0 Å². The zero-order chi connectivity index (χ0) is 16.8. The van der Waals surface area contributed by atoms with Gasteiger partial charge >= 0.3 is 0 Å². The SMILES string of the molecule is C[C@@H]1CN(C(=O)c2ccc(S(C)(=O)=O)cc2)C[C@@]1(O)C1CCC1.